The van der Waals surface area contributed by atoms with Crippen LogP contribution in [0.1, 0.15) is 20.3 Å². The van der Waals surface area contributed by atoms with Gasteiger partial charge in [0.1, 0.15) is 6.54 Å². The summed E-state index contributed by atoms with van der Waals surface area (Å²) in [4.78, 5) is 23.5. The lowest BCUT2D eigenvalue weighted by Crippen LogP contribution is -2.42. The van der Waals surface area contributed by atoms with Crippen LogP contribution in [-0.4, -0.2) is 28.2 Å². The van der Waals surface area contributed by atoms with Gasteiger partial charge in [-0.05, 0) is 34.3 Å². The number of nitrogens with zero attached hydrogens (tertiary/aromatic N) is 1. The number of aromatic nitrogens is 1. The second-order valence-corrected chi connectivity index (χ2v) is 5.66. The molecule has 0 spiro atoms. The fourth-order valence-electron chi connectivity index (χ4n) is 1.74. The molecule has 0 aliphatic heterocycles. The highest BCUT2D eigenvalue weighted by atomic mass is 79.9. The Bertz CT molecular complexity index is 485. The number of carbonyl (C=O) groups excluding carboxylic acids is 1. The third-order valence-electron chi connectivity index (χ3n) is 2.85. The van der Waals surface area contributed by atoms with Crippen LogP contribution in [0, 0.1) is 5.92 Å². The predicted molar refractivity (Wildman–Crippen MR) is 76.9 cm³/mol. The van der Waals surface area contributed by atoms with Gasteiger partial charge in [0.2, 0.25) is 5.91 Å². The Hall–Kier alpha value is -1.14. The van der Waals surface area contributed by atoms with Crippen molar-refractivity contribution in [1.82, 2.24) is 9.88 Å². The molecule has 1 atom stereocenters. The van der Waals surface area contributed by atoms with Crippen molar-refractivity contribution < 1.29 is 9.90 Å². The van der Waals surface area contributed by atoms with E-state index in [4.69, 9.17) is 5.11 Å². The number of amides is 1. The van der Waals surface area contributed by atoms with E-state index in [1.165, 1.54) is 10.6 Å². The molecule has 1 unspecified atom stereocenters. The number of aliphatic hydroxyl groups excluding tert-OH is 1. The molecule has 1 heterocycles. The number of nitrogens with one attached hydrogen (secondary N) is 1. The number of aliphatic hydroxyl groups is 1. The zero-order valence-electron chi connectivity index (χ0n) is 11.1. The van der Waals surface area contributed by atoms with Gasteiger partial charge in [-0.1, -0.05) is 13.8 Å². The van der Waals surface area contributed by atoms with Crippen LogP contribution < -0.4 is 10.9 Å². The summed E-state index contributed by atoms with van der Waals surface area (Å²) in [5, 5.41) is 11.8. The molecule has 1 aromatic heterocycles. The van der Waals surface area contributed by atoms with Crippen molar-refractivity contribution in [3.05, 3.63) is 33.2 Å². The Kier molecular flexibility index (Phi) is 6.24. The molecule has 1 aromatic rings. The number of hydrogen-bond donors (Lipinski definition) is 2. The van der Waals surface area contributed by atoms with Crippen molar-refractivity contribution in [2.24, 2.45) is 5.92 Å². The van der Waals surface area contributed by atoms with E-state index in [-0.39, 0.29) is 36.6 Å². The monoisotopic (exact) mass is 330 g/mol. The maximum Gasteiger partial charge on any atom is 0.251 e. The van der Waals surface area contributed by atoms with E-state index in [0.29, 0.717) is 6.42 Å². The molecule has 106 valence electrons. The van der Waals surface area contributed by atoms with E-state index in [1.54, 1.807) is 12.3 Å². The van der Waals surface area contributed by atoms with E-state index in [1.807, 2.05) is 13.8 Å². The molecule has 0 saturated carbocycles. The Morgan fingerprint density at radius 3 is 2.74 bits per heavy atom. The number of halogens is 1. The maximum atomic E-state index is 11.9. The van der Waals surface area contributed by atoms with Crippen molar-refractivity contribution >= 4 is 21.8 Å². The van der Waals surface area contributed by atoms with Gasteiger partial charge in [-0.25, -0.2) is 0 Å². The first-order valence-corrected chi connectivity index (χ1v) is 6.99. The van der Waals surface area contributed by atoms with Gasteiger partial charge in [-0.3, -0.25) is 9.59 Å². The minimum atomic E-state index is -0.229. The summed E-state index contributed by atoms with van der Waals surface area (Å²) in [6.45, 7) is 3.96. The number of rotatable bonds is 6. The van der Waals surface area contributed by atoms with Gasteiger partial charge in [0.25, 0.3) is 5.56 Å². The lowest BCUT2D eigenvalue weighted by molar-refractivity contribution is -0.122. The van der Waals surface area contributed by atoms with Crippen molar-refractivity contribution in [2.45, 2.75) is 32.9 Å². The van der Waals surface area contributed by atoms with E-state index >= 15 is 0 Å². The van der Waals surface area contributed by atoms with E-state index in [9.17, 15) is 9.59 Å². The zero-order chi connectivity index (χ0) is 14.4. The fourth-order valence-corrected chi connectivity index (χ4v) is 2.12. The van der Waals surface area contributed by atoms with Crippen LogP contribution in [0.15, 0.2) is 27.6 Å². The van der Waals surface area contributed by atoms with Gasteiger partial charge in [0.05, 0.1) is 0 Å². The summed E-state index contributed by atoms with van der Waals surface area (Å²) >= 11 is 3.26. The summed E-state index contributed by atoms with van der Waals surface area (Å²) in [6, 6.07) is 2.96. The summed E-state index contributed by atoms with van der Waals surface area (Å²) < 4.78 is 2.09. The molecular weight excluding hydrogens is 312 g/mol. The van der Waals surface area contributed by atoms with Crippen LogP contribution >= 0.6 is 15.9 Å². The lowest BCUT2D eigenvalue weighted by Gasteiger charge is -2.21. The van der Waals surface area contributed by atoms with Gasteiger partial charge < -0.3 is 15.0 Å². The minimum absolute atomic E-state index is 0.0209. The molecular formula is C13H19BrN2O3. The topological polar surface area (TPSA) is 71.3 Å². The molecule has 5 nitrogen and oxygen atoms in total. The van der Waals surface area contributed by atoms with Gasteiger partial charge in [0, 0.05) is 29.4 Å². The number of carbonyl (C=O) groups is 1. The molecule has 6 heteroatoms. The molecule has 0 bridgehead atoms. The number of hydrogen-bond acceptors (Lipinski definition) is 3. The normalized spacial score (nSPS) is 12.5. The molecule has 1 amide bonds. The van der Waals surface area contributed by atoms with Gasteiger partial charge in [-0.15, -0.1) is 0 Å². The molecule has 0 radical (unpaired) electrons. The third kappa shape index (κ3) is 5.16. The second kappa shape index (κ2) is 7.45. The van der Waals surface area contributed by atoms with Crippen molar-refractivity contribution in [3.63, 3.8) is 0 Å². The van der Waals surface area contributed by atoms with Crippen molar-refractivity contribution in [3.8, 4) is 0 Å². The van der Waals surface area contributed by atoms with Gasteiger partial charge >= 0.3 is 0 Å². The largest absolute Gasteiger partial charge is 0.396 e. The molecule has 1 rings (SSSR count). The number of pyridine rings is 1. The van der Waals surface area contributed by atoms with Crippen molar-refractivity contribution in [1.29, 1.82) is 0 Å². The summed E-state index contributed by atoms with van der Waals surface area (Å²) in [6.07, 6.45) is 2.09. The summed E-state index contributed by atoms with van der Waals surface area (Å²) in [5.41, 5.74) is -0.221. The molecule has 0 aliphatic rings. The SMILES string of the molecule is CC(C)C(CCO)NC(=O)Cn1cc(Br)ccc1=O. The lowest BCUT2D eigenvalue weighted by atomic mass is 10.0. The van der Waals surface area contributed by atoms with Crippen LogP contribution in [-0.2, 0) is 11.3 Å². The zero-order valence-corrected chi connectivity index (χ0v) is 12.7. The van der Waals surface area contributed by atoms with E-state index in [0.717, 1.165) is 4.47 Å². The highest BCUT2D eigenvalue weighted by molar-refractivity contribution is 9.10. The molecule has 0 aromatic carbocycles. The average Bonchev–Trinajstić information content (AvgIpc) is 2.33. The standard InChI is InChI=1S/C13H19BrN2O3/c1-9(2)11(5-6-17)15-12(18)8-16-7-10(14)3-4-13(16)19/h3-4,7,9,11,17H,5-6,8H2,1-2H3,(H,15,18). The smallest absolute Gasteiger partial charge is 0.251 e. The fraction of sp³-hybridized carbons (Fsp3) is 0.538. The van der Waals surface area contributed by atoms with Crippen LogP contribution in [0.25, 0.3) is 0 Å². The Morgan fingerprint density at radius 2 is 2.16 bits per heavy atom. The first-order valence-electron chi connectivity index (χ1n) is 6.20. The molecule has 0 saturated heterocycles. The van der Waals surface area contributed by atoms with Crippen molar-refractivity contribution in [2.75, 3.05) is 6.61 Å². The maximum absolute atomic E-state index is 11.9. The predicted octanol–water partition coefficient (Wildman–Crippen LogP) is 1.13. The quantitative estimate of drug-likeness (QED) is 0.821. The second-order valence-electron chi connectivity index (χ2n) is 4.74. The van der Waals surface area contributed by atoms with E-state index < -0.39 is 0 Å². The summed E-state index contributed by atoms with van der Waals surface area (Å²) in [7, 11) is 0. The first kappa shape index (κ1) is 15.9. The summed E-state index contributed by atoms with van der Waals surface area (Å²) in [5.74, 6) is 0.00248. The third-order valence-corrected chi connectivity index (χ3v) is 3.32. The Morgan fingerprint density at radius 1 is 1.47 bits per heavy atom. The Balaban J connectivity index is 2.69. The van der Waals surface area contributed by atoms with Crippen LogP contribution in [0.2, 0.25) is 0 Å². The van der Waals surface area contributed by atoms with Crippen LogP contribution in [0.3, 0.4) is 0 Å². The van der Waals surface area contributed by atoms with Crippen LogP contribution in [0.4, 0.5) is 0 Å². The van der Waals surface area contributed by atoms with Crippen LogP contribution in [0.5, 0.6) is 0 Å². The minimum Gasteiger partial charge on any atom is -0.396 e. The molecule has 0 aliphatic carbocycles. The Labute approximate surface area is 120 Å². The molecule has 0 fully saturated rings. The van der Waals surface area contributed by atoms with E-state index in [2.05, 4.69) is 21.2 Å². The first-order chi connectivity index (χ1) is 8.93. The van der Waals surface area contributed by atoms with Gasteiger partial charge in [0.15, 0.2) is 0 Å². The highest BCUT2D eigenvalue weighted by Gasteiger charge is 2.16. The highest BCUT2D eigenvalue weighted by Crippen LogP contribution is 2.07. The molecule has 2 N–H and O–H groups in total. The average molecular weight is 331 g/mol. The van der Waals surface area contributed by atoms with Gasteiger partial charge in [-0.2, -0.15) is 0 Å². The molecule has 19 heavy (non-hydrogen) atoms.